The Labute approximate surface area is 195 Å². The van der Waals surface area contributed by atoms with Crippen molar-refractivity contribution < 1.29 is 4.74 Å². The monoisotopic (exact) mass is 449 g/mol. The standard InChI is InChI=1S/C25H31N5OS/c1-4-31-20-13-11-19(12-14-20)29-17-7-10-22(29)24-23(21-9-5-6-15-26-21)27-25(32)30(24)18-8-16-28(2)3/h5-7,9-15,17,23-24H,4,8,16,18H2,1-3H3,(H,27,32)/t23-,24-/m0/s1. The Morgan fingerprint density at radius 1 is 1.09 bits per heavy atom. The van der Waals surface area contributed by atoms with Gasteiger partial charge in [0.15, 0.2) is 5.11 Å². The molecule has 0 amide bonds. The van der Waals surface area contributed by atoms with Gasteiger partial charge in [-0.3, -0.25) is 4.98 Å². The molecule has 32 heavy (non-hydrogen) atoms. The van der Waals surface area contributed by atoms with Gasteiger partial charge in [-0.15, -0.1) is 0 Å². The fourth-order valence-electron chi connectivity index (χ4n) is 4.27. The van der Waals surface area contributed by atoms with Crippen LogP contribution in [-0.2, 0) is 0 Å². The Kier molecular flexibility index (Phi) is 7.07. The first-order valence-corrected chi connectivity index (χ1v) is 11.5. The quantitative estimate of drug-likeness (QED) is 0.494. The molecule has 0 aliphatic carbocycles. The smallest absolute Gasteiger partial charge is 0.170 e. The summed E-state index contributed by atoms with van der Waals surface area (Å²) < 4.78 is 7.86. The predicted octanol–water partition coefficient (Wildman–Crippen LogP) is 4.20. The molecule has 4 rings (SSSR count). The molecule has 1 aromatic carbocycles. The van der Waals surface area contributed by atoms with Gasteiger partial charge in [-0.2, -0.15) is 0 Å². The fourth-order valence-corrected chi connectivity index (χ4v) is 4.60. The van der Waals surface area contributed by atoms with Crippen molar-refractivity contribution in [3.8, 4) is 11.4 Å². The third-order valence-electron chi connectivity index (χ3n) is 5.71. The molecule has 2 atom stereocenters. The summed E-state index contributed by atoms with van der Waals surface area (Å²) in [6.45, 7) is 4.55. The second-order valence-electron chi connectivity index (χ2n) is 8.21. The summed E-state index contributed by atoms with van der Waals surface area (Å²) in [6.07, 6.45) is 4.99. The van der Waals surface area contributed by atoms with Gasteiger partial charge in [0, 0.05) is 30.3 Å². The zero-order valence-electron chi connectivity index (χ0n) is 18.9. The molecule has 6 nitrogen and oxygen atoms in total. The van der Waals surface area contributed by atoms with Gasteiger partial charge in [0.2, 0.25) is 0 Å². The molecule has 3 heterocycles. The summed E-state index contributed by atoms with van der Waals surface area (Å²) in [4.78, 5) is 9.18. The average molecular weight is 450 g/mol. The van der Waals surface area contributed by atoms with Crippen LogP contribution in [0, 0.1) is 0 Å². The number of benzene rings is 1. The van der Waals surface area contributed by atoms with E-state index in [0.717, 1.165) is 41.8 Å². The summed E-state index contributed by atoms with van der Waals surface area (Å²) in [6, 6.07) is 18.6. The molecule has 168 valence electrons. The van der Waals surface area contributed by atoms with Crippen molar-refractivity contribution in [1.82, 2.24) is 24.7 Å². The molecule has 0 unspecified atom stereocenters. The molecule has 2 aromatic heterocycles. The van der Waals surface area contributed by atoms with Crippen LogP contribution < -0.4 is 10.1 Å². The Morgan fingerprint density at radius 2 is 1.91 bits per heavy atom. The lowest BCUT2D eigenvalue weighted by Gasteiger charge is -2.29. The Bertz CT molecular complexity index is 1020. The molecule has 0 bridgehead atoms. The third kappa shape index (κ3) is 4.79. The van der Waals surface area contributed by atoms with Crippen molar-refractivity contribution >= 4 is 17.3 Å². The molecular weight excluding hydrogens is 418 g/mol. The van der Waals surface area contributed by atoms with Gasteiger partial charge >= 0.3 is 0 Å². The minimum absolute atomic E-state index is 0.0144. The Hall–Kier alpha value is -2.90. The highest BCUT2D eigenvalue weighted by Crippen LogP contribution is 2.39. The van der Waals surface area contributed by atoms with E-state index in [1.165, 1.54) is 5.69 Å². The van der Waals surface area contributed by atoms with Gasteiger partial charge in [0.1, 0.15) is 5.75 Å². The van der Waals surface area contributed by atoms with Crippen molar-refractivity contribution in [2.45, 2.75) is 25.4 Å². The van der Waals surface area contributed by atoms with Crippen molar-refractivity contribution in [3.05, 3.63) is 78.4 Å². The van der Waals surface area contributed by atoms with E-state index in [9.17, 15) is 0 Å². The van der Waals surface area contributed by atoms with E-state index in [-0.39, 0.29) is 12.1 Å². The number of hydrogen-bond donors (Lipinski definition) is 1. The summed E-state index contributed by atoms with van der Waals surface area (Å²) in [5.74, 6) is 0.880. The van der Waals surface area contributed by atoms with Crippen molar-refractivity contribution in [1.29, 1.82) is 0 Å². The highest BCUT2D eigenvalue weighted by molar-refractivity contribution is 7.80. The highest BCUT2D eigenvalue weighted by Gasteiger charge is 2.40. The van der Waals surface area contributed by atoms with Crippen LogP contribution in [0.25, 0.3) is 5.69 Å². The molecule has 1 aliphatic rings. The van der Waals surface area contributed by atoms with E-state index in [1.807, 2.05) is 37.4 Å². The number of aromatic nitrogens is 2. The highest BCUT2D eigenvalue weighted by atomic mass is 32.1. The third-order valence-corrected chi connectivity index (χ3v) is 6.06. The van der Waals surface area contributed by atoms with E-state index < -0.39 is 0 Å². The predicted molar refractivity (Wildman–Crippen MR) is 132 cm³/mol. The van der Waals surface area contributed by atoms with Crippen molar-refractivity contribution in [2.75, 3.05) is 33.8 Å². The first kappa shape index (κ1) is 22.3. The number of rotatable bonds is 9. The fraction of sp³-hybridized carbons (Fsp3) is 0.360. The molecule has 0 spiro atoms. The summed E-state index contributed by atoms with van der Waals surface area (Å²) in [5.41, 5.74) is 3.27. The number of hydrogen-bond acceptors (Lipinski definition) is 4. The average Bonchev–Trinajstić information content (AvgIpc) is 3.39. The van der Waals surface area contributed by atoms with Gasteiger partial charge in [0.25, 0.3) is 0 Å². The molecule has 1 aliphatic heterocycles. The molecule has 1 N–H and O–H groups in total. The Morgan fingerprint density at radius 3 is 2.59 bits per heavy atom. The van der Waals surface area contributed by atoms with Gasteiger partial charge in [-0.05, 0) is 94.7 Å². The van der Waals surface area contributed by atoms with Crippen LogP contribution in [-0.4, -0.2) is 58.3 Å². The van der Waals surface area contributed by atoms with E-state index in [1.54, 1.807) is 0 Å². The van der Waals surface area contributed by atoms with Gasteiger partial charge < -0.3 is 24.4 Å². The van der Waals surface area contributed by atoms with Crippen molar-refractivity contribution in [2.24, 2.45) is 0 Å². The lowest BCUT2D eigenvalue weighted by atomic mass is 10.0. The van der Waals surface area contributed by atoms with E-state index in [4.69, 9.17) is 17.0 Å². The van der Waals surface area contributed by atoms with E-state index in [0.29, 0.717) is 6.61 Å². The van der Waals surface area contributed by atoms with Crippen LogP contribution in [0.15, 0.2) is 67.0 Å². The number of pyridine rings is 1. The zero-order valence-corrected chi connectivity index (χ0v) is 19.8. The maximum atomic E-state index is 5.80. The van der Waals surface area contributed by atoms with Crippen LogP contribution in [0.1, 0.15) is 36.8 Å². The van der Waals surface area contributed by atoms with E-state index in [2.05, 4.69) is 75.3 Å². The number of thiocarbonyl (C=S) groups is 1. The minimum atomic E-state index is -0.0144. The van der Waals surface area contributed by atoms with E-state index >= 15 is 0 Å². The number of nitrogens with zero attached hydrogens (tertiary/aromatic N) is 4. The van der Waals surface area contributed by atoms with Crippen molar-refractivity contribution in [3.63, 3.8) is 0 Å². The largest absolute Gasteiger partial charge is 0.494 e. The number of nitrogens with one attached hydrogen (secondary N) is 1. The van der Waals surface area contributed by atoms with Crippen LogP contribution in [0.3, 0.4) is 0 Å². The van der Waals surface area contributed by atoms with Gasteiger partial charge in [-0.1, -0.05) is 6.07 Å². The van der Waals surface area contributed by atoms with Gasteiger partial charge in [-0.25, -0.2) is 0 Å². The first-order valence-electron chi connectivity index (χ1n) is 11.1. The topological polar surface area (TPSA) is 45.6 Å². The normalized spacial score (nSPS) is 18.2. The second-order valence-corrected chi connectivity index (χ2v) is 8.59. The summed E-state index contributed by atoms with van der Waals surface area (Å²) in [7, 11) is 4.21. The maximum absolute atomic E-state index is 5.80. The lowest BCUT2D eigenvalue weighted by molar-refractivity contribution is 0.286. The number of ether oxygens (including phenoxy) is 1. The Balaban J connectivity index is 1.70. The first-order chi connectivity index (χ1) is 15.6. The molecule has 1 fully saturated rings. The van der Waals surface area contributed by atoms with Crippen LogP contribution in [0.4, 0.5) is 0 Å². The molecule has 0 saturated carbocycles. The van der Waals surface area contributed by atoms with Gasteiger partial charge in [0.05, 0.1) is 24.4 Å². The SMILES string of the molecule is CCOc1ccc(-n2cccc2[C@H]2[C@H](c3ccccn3)NC(=S)N2CCCN(C)C)cc1. The molecular formula is C25H31N5OS. The zero-order chi connectivity index (χ0) is 22.5. The molecule has 1 saturated heterocycles. The molecule has 3 aromatic rings. The molecule has 0 radical (unpaired) electrons. The molecule has 7 heteroatoms. The van der Waals surface area contributed by atoms with Crippen LogP contribution >= 0.6 is 12.2 Å². The van der Waals surface area contributed by atoms with Crippen LogP contribution in [0.5, 0.6) is 5.75 Å². The summed E-state index contributed by atoms with van der Waals surface area (Å²) in [5, 5.41) is 4.33. The maximum Gasteiger partial charge on any atom is 0.170 e. The minimum Gasteiger partial charge on any atom is -0.494 e. The second kappa shape index (κ2) is 10.1. The summed E-state index contributed by atoms with van der Waals surface area (Å²) >= 11 is 5.80. The lowest BCUT2D eigenvalue weighted by Crippen LogP contribution is -2.32. The van der Waals surface area contributed by atoms with Crippen LogP contribution in [0.2, 0.25) is 0 Å².